The Morgan fingerprint density at radius 3 is 2.70 bits per heavy atom. The molecule has 2 aliphatic rings. The van der Waals surface area contributed by atoms with Gasteiger partial charge in [-0.25, -0.2) is 4.79 Å². The van der Waals surface area contributed by atoms with Crippen molar-refractivity contribution < 1.29 is 19.4 Å². The number of aliphatic carboxylic acids is 1. The van der Waals surface area contributed by atoms with Crippen LogP contribution in [-0.4, -0.2) is 65.8 Å². The second kappa shape index (κ2) is 6.92. The molecule has 0 radical (unpaired) electrons. The number of urea groups is 1. The molecule has 2 atom stereocenters. The number of hydrogen-bond donors (Lipinski definition) is 1. The van der Waals surface area contributed by atoms with Crippen molar-refractivity contribution in [3.05, 3.63) is 0 Å². The van der Waals surface area contributed by atoms with Gasteiger partial charge in [-0.15, -0.1) is 0 Å². The van der Waals surface area contributed by atoms with Gasteiger partial charge in [0.25, 0.3) is 0 Å². The van der Waals surface area contributed by atoms with E-state index >= 15 is 0 Å². The van der Waals surface area contributed by atoms with Crippen molar-refractivity contribution >= 4 is 12.0 Å². The zero-order valence-electron chi connectivity index (χ0n) is 12.1. The number of piperidine rings is 2. The van der Waals surface area contributed by atoms with Gasteiger partial charge in [-0.1, -0.05) is 0 Å². The number of carbonyl (C=O) groups excluding carboxylic acids is 1. The van der Waals surface area contributed by atoms with Gasteiger partial charge in [-0.05, 0) is 32.1 Å². The second-order valence-electron chi connectivity index (χ2n) is 5.67. The Bertz CT molecular complexity index is 361. The van der Waals surface area contributed by atoms with Crippen LogP contribution in [0.5, 0.6) is 0 Å². The zero-order valence-corrected chi connectivity index (χ0v) is 12.1. The molecule has 0 aromatic carbocycles. The van der Waals surface area contributed by atoms with Gasteiger partial charge in [0.1, 0.15) is 0 Å². The average molecular weight is 284 g/mol. The smallest absolute Gasteiger partial charge is 0.320 e. The predicted molar refractivity (Wildman–Crippen MR) is 73.6 cm³/mol. The third kappa shape index (κ3) is 3.62. The molecule has 6 heteroatoms. The second-order valence-corrected chi connectivity index (χ2v) is 5.67. The van der Waals surface area contributed by atoms with E-state index in [1.54, 1.807) is 12.0 Å². The maximum atomic E-state index is 12.6. The van der Waals surface area contributed by atoms with Crippen LogP contribution in [0.3, 0.4) is 0 Å². The fourth-order valence-electron chi connectivity index (χ4n) is 3.15. The number of hydrogen-bond acceptors (Lipinski definition) is 3. The topological polar surface area (TPSA) is 70.1 Å². The minimum atomic E-state index is -0.830. The number of rotatable bonds is 3. The monoisotopic (exact) mass is 284 g/mol. The largest absolute Gasteiger partial charge is 0.481 e. The first-order valence-electron chi connectivity index (χ1n) is 7.42. The molecular weight excluding hydrogens is 260 g/mol. The van der Waals surface area contributed by atoms with Crippen LogP contribution >= 0.6 is 0 Å². The molecule has 2 aliphatic heterocycles. The molecule has 6 nitrogen and oxygen atoms in total. The summed E-state index contributed by atoms with van der Waals surface area (Å²) in [5.74, 6) is -0.830. The summed E-state index contributed by atoms with van der Waals surface area (Å²) in [5.41, 5.74) is 0. The molecule has 0 spiro atoms. The Labute approximate surface area is 119 Å². The van der Waals surface area contributed by atoms with Crippen molar-refractivity contribution in [2.75, 3.05) is 26.7 Å². The summed E-state index contributed by atoms with van der Waals surface area (Å²) in [4.78, 5) is 27.1. The Balaban J connectivity index is 1.99. The van der Waals surface area contributed by atoms with Gasteiger partial charge in [0.15, 0.2) is 0 Å². The molecule has 2 fully saturated rings. The number of methoxy groups -OCH3 is 1. The summed E-state index contributed by atoms with van der Waals surface area (Å²) in [6.07, 6.45) is 4.84. The van der Waals surface area contributed by atoms with Gasteiger partial charge in [0.2, 0.25) is 0 Å². The molecule has 2 amide bonds. The normalized spacial score (nSPS) is 27.4. The van der Waals surface area contributed by atoms with Crippen molar-refractivity contribution in [1.82, 2.24) is 9.80 Å². The fraction of sp³-hybridized carbons (Fsp3) is 0.857. The summed E-state index contributed by atoms with van der Waals surface area (Å²) >= 11 is 0. The highest BCUT2D eigenvalue weighted by molar-refractivity contribution is 5.76. The highest BCUT2D eigenvalue weighted by Crippen LogP contribution is 2.23. The number of carboxylic acid groups (broad SMARTS) is 1. The van der Waals surface area contributed by atoms with Gasteiger partial charge >= 0.3 is 12.0 Å². The van der Waals surface area contributed by atoms with Gasteiger partial charge < -0.3 is 19.6 Å². The molecule has 2 unspecified atom stereocenters. The van der Waals surface area contributed by atoms with Gasteiger partial charge in [-0.3, -0.25) is 4.79 Å². The summed E-state index contributed by atoms with van der Waals surface area (Å²) in [7, 11) is 1.67. The van der Waals surface area contributed by atoms with Crippen LogP contribution in [0.15, 0.2) is 0 Å². The lowest BCUT2D eigenvalue weighted by molar-refractivity contribution is -0.138. The van der Waals surface area contributed by atoms with Gasteiger partial charge in [0.05, 0.1) is 12.5 Å². The molecular formula is C14H24N2O4. The van der Waals surface area contributed by atoms with E-state index in [0.29, 0.717) is 13.1 Å². The van der Waals surface area contributed by atoms with Crippen molar-refractivity contribution in [2.45, 2.75) is 50.7 Å². The number of ether oxygens (including phenoxy) is 1. The Kier molecular flexibility index (Phi) is 5.23. The fourth-order valence-corrected chi connectivity index (χ4v) is 3.15. The predicted octanol–water partition coefficient (Wildman–Crippen LogP) is 1.55. The summed E-state index contributed by atoms with van der Waals surface area (Å²) in [5, 5.41) is 8.98. The molecule has 2 rings (SSSR count). The van der Waals surface area contributed by atoms with E-state index in [2.05, 4.69) is 0 Å². The number of nitrogens with zero attached hydrogens (tertiary/aromatic N) is 2. The highest BCUT2D eigenvalue weighted by atomic mass is 16.5. The van der Waals surface area contributed by atoms with Crippen LogP contribution in [0.1, 0.15) is 38.5 Å². The van der Waals surface area contributed by atoms with E-state index in [1.165, 1.54) is 0 Å². The minimum absolute atomic E-state index is 0.0160. The quantitative estimate of drug-likeness (QED) is 0.853. The van der Waals surface area contributed by atoms with E-state index in [1.807, 2.05) is 4.90 Å². The van der Waals surface area contributed by atoms with Crippen LogP contribution in [0.2, 0.25) is 0 Å². The third-order valence-corrected chi connectivity index (χ3v) is 4.27. The molecule has 114 valence electrons. The van der Waals surface area contributed by atoms with Crippen LogP contribution in [-0.2, 0) is 9.53 Å². The average Bonchev–Trinajstić information content (AvgIpc) is 2.46. The molecule has 0 aromatic rings. The maximum absolute atomic E-state index is 12.6. The Morgan fingerprint density at radius 2 is 2.00 bits per heavy atom. The molecule has 2 saturated heterocycles. The minimum Gasteiger partial charge on any atom is -0.481 e. The standard InChI is InChI=1S/C14H24N2O4/c1-20-12-6-4-7-15(10-12)14(19)16-8-3-2-5-11(16)9-13(17)18/h11-12H,2-10H2,1H3,(H,17,18). The van der Waals surface area contributed by atoms with E-state index in [-0.39, 0.29) is 24.6 Å². The number of amides is 2. The zero-order chi connectivity index (χ0) is 14.5. The molecule has 0 bridgehead atoms. The van der Waals surface area contributed by atoms with Gasteiger partial charge in [0, 0.05) is 32.8 Å². The lowest BCUT2D eigenvalue weighted by Crippen LogP contribution is -2.54. The molecule has 1 N–H and O–H groups in total. The van der Waals surface area contributed by atoms with Crippen LogP contribution in [0.4, 0.5) is 4.79 Å². The highest BCUT2D eigenvalue weighted by Gasteiger charge is 2.33. The number of likely N-dealkylation sites (tertiary alicyclic amines) is 2. The van der Waals surface area contributed by atoms with Crippen molar-refractivity contribution in [1.29, 1.82) is 0 Å². The van der Waals surface area contributed by atoms with E-state index in [4.69, 9.17) is 9.84 Å². The first-order chi connectivity index (χ1) is 9.61. The van der Waals surface area contributed by atoms with Gasteiger partial charge in [-0.2, -0.15) is 0 Å². The summed E-state index contributed by atoms with van der Waals surface area (Å²) in [6, 6.07) is -0.172. The van der Waals surface area contributed by atoms with E-state index < -0.39 is 5.97 Å². The Morgan fingerprint density at radius 1 is 1.20 bits per heavy atom. The van der Waals surface area contributed by atoms with E-state index in [9.17, 15) is 9.59 Å². The van der Waals surface area contributed by atoms with Crippen molar-refractivity contribution in [3.63, 3.8) is 0 Å². The molecule has 0 aliphatic carbocycles. The SMILES string of the molecule is COC1CCCN(C(=O)N2CCCCC2CC(=O)O)C1. The molecule has 0 saturated carbocycles. The number of carbonyl (C=O) groups is 2. The summed E-state index contributed by atoms with van der Waals surface area (Å²) < 4.78 is 5.34. The molecule has 2 heterocycles. The van der Waals surface area contributed by atoms with Crippen LogP contribution in [0, 0.1) is 0 Å². The lowest BCUT2D eigenvalue weighted by Gasteiger charge is -2.41. The molecule has 20 heavy (non-hydrogen) atoms. The first kappa shape index (κ1) is 15.1. The van der Waals surface area contributed by atoms with E-state index in [0.717, 1.165) is 38.6 Å². The third-order valence-electron chi connectivity index (χ3n) is 4.27. The van der Waals surface area contributed by atoms with Crippen LogP contribution in [0.25, 0.3) is 0 Å². The van der Waals surface area contributed by atoms with Crippen molar-refractivity contribution in [3.8, 4) is 0 Å². The number of carboxylic acids is 1. The maximum Gasteiger partial charge on any atom is 0.320 e. The Hall–Kier alpha value is -1.30. The van der Waals surface area contributed by atoms with Crippen LogP contribution < -0.4 is 0 Å². The van der Waals surface area contributed by atoms with Crippen molar-refractivity contribution in [2.24, 2.45) is 0 Å². The molecule has 0 aromatic heterocycles. The lowest BCUT2D eigenvalue weighted by atomic mass is 9.99. The first-order valence-corrected chi connectivity index (χ1v) is 7.42. The summed E-state index contributed by atoms with van der Waals surface area (Å²) in [6.45, 7) is 2.03.